The molecular formula is C18H16FNO4S. The summed E-state index contributed by atoms with van der Waals surface area (Å²) in [7, 11) is -1.74. The number of carbonyl (C=O) groups excluding carboxylic acids is 1. The van der Waals surface area contributed by atoms with Crippen molar-refractivity contribution in [3.05, 3.63) is 59.6 Å². The number of halogens is 1. The van der Waals surface area contributed by atoms with Crippen molar-refractivity contribution in [3.63, 3.8) is 0 Å². The standard InChI is InChI=1S/C18H16FNO4S/c1-11-15-10-12(19)4-9-16(15)24-17(11)18(21)20(2)13-5-7-14(8-6-13)25(3,22)23/h4-10H,1-3H3. The van der Waals surface area contributed by atoms with Gasteiger partial charge in [0.15, 0.2) is 15.6 Å². The van der Waals surface area contributed by atoms with E-state index in [0.29, 0.717) is 22.2 Å². The highest BCUT2D eigenvalue weighted by Gasteiger charge is 2.22. The topological polar surface area (TPSA) is 67.6 Å². The Labute approximate surface area is 144 Å². The van der Waals surface area contributed by atoms with Crippen molar-refractivity contribution in [2.24, 2.45) is 0 Å². The van der Waals surface area contributed by atoms with Crippen LogP contribution < -0.4 is 4.90 Å². The molecule has 1 aromatic heterocycles. The molecule has 0 atom stereocenters. The van der Waals surface area contributed by atoms with Gasteiger partial charge in [0, 0.05) is 29.9 Å². The maximum Gasteiger partial charge on any atom is 0.294 e. The van der Waals surface area contributed by atoms with Gasteiger partial charge in [0.25, 0.3) is 5.91 Å². The summed E-state index contributed by atoms with van der Waals surface area (Å²) in [6.45, 7) is 1.69. The number of rotatable bonds is 3. The van der Waals surface area contributed by atoms with Crippen LogP contribution in [0.4, 0.5) is 10.1 Å². The molecule has 2 aromatic carbocycles. The molecular weight excluding hydrogens is 345 g/mol. The smallest absolute Gasteiger partial charge is 0.294 e. The van der Waals surface area contributed by atoms with Gasteiger partial charge in [0.05, 0.1) is 4.90 Å². The molecule has 0 fully saturated rings. The second kappa shape index (κ2) is 6.00. The lowest BCUT2D eigenvalue weighted by Gasteiger charge is -2.16. The minimum atomic E-state index is -3.30. The summed E-state index contributed by atoms with van der Waals surface area (Å²) in [5, 5.41) is 0.546. The fourth-order valence-corrected chi connectivity index (χ4v) is 3.21. The number of anilines is 1. The lowest BCUT2D eigenvalue weighted by Crippen LogP contribution is -2.26. The number of hydrogen-bond acceptors (Lipinski definition) is 4. The minimum absolute atomic E-state index is 0.121. The second-order valence-corrected chi connectivity index (χ2v) is 7.84. The van der Waals surface area contributed by atoms with Gasteiger partial charge in [-0.25, -0.2) is 12.8 Å². The quantitative estimate of drug-likeness (QED) is 0.715. The number of sulfone groups is 1. The first-order chi connectivity index (χ1) is 11.7. The highest BCUT2D eigenvalue weighted by Crippen LogP contribution is 2.28. The fraction of sp³-hybridized carbons (Fsp3) is 0.167. The first kappa shape index (κ1) is 17.2. The van der Waals surface area contributed by atoms with E-state index in [1.165, 1.54) is 35.2 Å². The molecule has 0 aliphatic heterocycles. The van der Waals surface area contributed by atoms with E-state index in [1.54, 1.807) is 26.1 Å². The first-order valence-electron chi connectivity index (χ1n) is 7.45. The van der Waals surface area contributed by atoms with Gasteiger partial charge < -0.3 is 9.32 Å². The van der Waals surface area contributed by atoms with Gasteiger partial charge in [-0.15, -0.1) is 0 Å². The number of aryl methyl sites for hydroxylation is 1. The number of benzene rings is 2. The molecule has 0 saturated carbocycles. The van der Waals surface area contributed by atoms with E-state index in [0.717, 1.165) is 6.26 Å². The van der Waals surface area contributed by atoms with Crippen LogP contribution in [-0.2, 0) is 9.84 Å². The average molecular weight is 361 g/mol. The van der Waals surface area contributed by atoms with Crippen LogP contribution in [0, 0.1) is 12.7 Å². The van der Waals surface area contributed by atoms with Crippen LogP contribution in [0.15, 0.2) is 51.8 Å². The van der Waals surface area contributed by atoms with Crippen molar-refractivity contribution < 1.29 is 22.0 Å². The van der Waals surface area contributed by atoms with Gasteiger partial charge in [-0.2, -0.15) is 0 Å². The average Bonchev–Trinajstić information content (AvgIpc) is 2.89. The maximum absolute atomic E-state index is 13.4. The number of nitrogens with zero attached hydrogens (tertiary/aromatic N) is 1. The molecule has 1 heterocycles. The zero-order valence-corrected chi connectivity index (χ0v) is 14.7. The lowest BCUT2D eigenvalue weighted by molar-refractivity contribution is 0.0967. The van der Waals surface area contributed by atoms with E-state index in [4.69, 9.17) is 4.42 Å². The van der Waals surface area contributed by atoms with Gasteiger partial charge in [-0.05, 0) is 49.4 Å². The summed E-state index contributed by atoms with van der Waals surface area (Å²) in [6, 6.07) is 10.1. The zero-order valence-electron chi connectivity index (χ0n) is 13.9. The van der Waals surface area contributed by atoms with Gasteiger partial charge >= 0.3 is 0 Å². The first-order valence-corrected chi connectivity index (χ1v) is 9.34. The van der Waals surface area contributed by atoms with Gasteiger partial charge in [-0.1, -0.05) is 0 Å². The molecule has 7 heteroatoms. The minimum Gasteiger partial charge on any atom is -0.451 e. The summed E-state index contributed by atoms with van der Waals surface area (Å²) in [4.78, 5) is 14.3. The van der Waals surface area contributed by atoms with Gasteiger partial charge in [0.1, 0.15) is 11.4 Å². The largest absolute Gasteiger partial charge is 0.451 e. The summed E-state index contributed by atoms with van der Waals surface area (Å²) in [5.41, 5.74) is 1.51. The maximum atomic E-state index is 13.4. The molecule has 0 N–H and O–H groups in total. The van der Waals surface area contributed by atoms with Crippen LogP contribution in [0.3, 0.4) is 0 Å². The van der Waals surface area contributed by atoms with Gasteiger partial charge in [-0.3, -0.25) is 4.79 Å². The molecule has 25 heavy (non-hydrogen) atoms. The Kier molecular flexibility index (Phi) is 4.12. The Morgan fingerprint density at radius 1 is 1.12 bits per heavy atom. The Balaban J connectivity index is 1.96. The highest BCUT2D eigenvalue weighted by molar-refractivity contribution is 7.90. The predicted octanol–water partition coefficient (Wildman–Crippen LogP) is 3.56. The van der Waals surface area contributed by atoms with E-state index in [1.807, 2.05) is 0 Å². The summed E-state index contributed by atoms with van der Waals surface area (Å²) >= 11 is 0. The molecule has 5 nitrogen and oxygen atoms in total. The number of furan rings is 1. The summed E-state index contributed by atoms with van der Waals surface area (Å²) < 4.78 is 42.0. The van der Waals surface area contributed by atoms with E-state index in [-0.39, 0.29) is 10.7 Å². The van der Waals surface area contributed by atoms with Crippen molar-refractivity contribution in [2.45, 2.75) is 11.8 Å². The molecule has 0 radical (unpaired) electrons. The van der Waals surface area contributed by atoms with Crippen LogP contribution in [0.25, 0.3) is 11.0 Å². The van der Waals surface area contributed by atoms with Crippen molar-refractivity contribution in [3.8, 4) is 0 Å². The number of fused-ring (bicyclic) bond motifs is 1. The van der Waals surface area contributed by atoms with E-state index in [2.05, 4.69) is 0 Å². The molecule has 3 rings (SSSR count). The molecule has 0 unspecified atom stereocenters. The Morgan fingerprint density at radius 3 is 2.36 bits per heavy atom. The molecule has 0 spiro atoms. The van der Waals surface area contributed by atoms with Gasteiger partial charge in [0.2, 0.25) is 0 Å². The molecule has 1 amide bonds. The normalized spacial score (nSPS) is 11.7. The number of amides is 1. The molecule has 0 aliphatic rings. The SMILES string of the molecule is Cc1c(C(=O)N(C)c2ccc(S(C)(=O)=O)cc2)oc2ccc(F)cc12. The summed E-state index contributed by atoms with van der Waals surface area (Å²) in [5.74, 6) is -0.684. The molecule has 3 aromatic rings. The monoisotopic (exact) mass is 361 g/mol. The van der Waals surface area contributed by atoms with Crippen molar-refractivity contribution in [1.82, 2.24) is 0 Å². The third-order valence-corrected chi connectivity index (χ3v) is 5.18. The van der Waals surface area contributed by atoms with Crippen molar-refractivity contribution in [1.29, 1.82) is 0 Å². The van der Waals surface area contributed by atoms with Crippen LogP contribution in [-0.4, -0.2) is 27.6 Å². The van der Waals surface area contributed by atoms with Crippen LogP contribution >= 0.6 is 0 Å². The molecule has 0 aliphatic carbocycles. The Morgan fingerprint density at radius 2 is 1.76 bits per heavy atom. The van der Waals surface area contributed by atoms with Crippen LogP contribution in [0.2, 0.25) is 0 Å². The number of carbonyl (C=O) groups is 1. The third-order valence-electron chi connectivity index (χ3n) is 4.05. The van der Waals surface area contributed by atoms with Crippen molar-refractivity contribution >= 4 is 32.4 Å². The van der Waals surface area contributed by atoms with Crippen LogP contribution in [0.1, 0.15) is 16.1 Å². The highest BCUT2D eigenvalue weighted by atomic mass is 32.2. The second-order valence-electron chi connectivity index (χ2n) is 5.83. The summed E-state index contributed by atoms with van der Waals surface area (Å²) in [6.07, 6.45) is 1.12. The van der Waals surface area contributed by atoms with Crippen LogP contribution in [0.5, 0.6) is 0 Å². The zero-order chi connectivity index (χ0) is 18.4. The molecule has 0 saturated heterocycles. The molecule has 0 bridgehead atoms. The fourth-order valence-electron chi connectivity index (χ4n) is 2.58. The van der Waals surface area contributed by atoms with Crippen molar-refractivity contribution in [2.75, 3.05) is 18.2 Å². The molecule has 130 valence electrons. The Bertz CT molecular complexity index is 1070. The van der Waals surface area contributed by atoms with E-state index < -0.39 is 21.6 Å². The van der Waals surface area contributed by atoms with E-state index >= 15 is 0 Å². The number of hydrogen-bond donors (Lipinski definition) is 0. The third kappa shape index (κ3) is 3.15. The predicted molar refractivity (Wildman–Crippen MR) is 93.2 cm³/mol. The lowest BCUT2D eigenvalue weighted by atomic mass is 10.1. The Hall–Kier alpha value is -2.67. The van der Waals surface area contributed by atoms with E-state index in [9.17, 15) is 17.6 Å².